The first kappa shape index (κ1) is 22.8. The molecule has 5 rings (SSSR count). The van der Waals surface area contributed by atoms with Gasteiger partial charge in [-0.05, 0) is 41.3 Å². The molecule has 0 spiro atoms. The number of nitrogens with zero attached hydrogens (tertiary/aromatic N) is 4. The van der Waals surface area contributed by atoms with Crippen LogP contribution in [0.2, 0.25) is 0 Å². The first-order valence-corrected chi connectivity index (χ1v) is 12.0. The van der Waals surface area contributed by atoms with Gasteiger partial charge in [-0.3, -0.25) is 14.5 Å². The van der Waals surface area contributed by atoms with Crippen LogP contribution in [0, 0.1) is 5.92 Å². The normalized spacial score (nSPS) is 14.2. The second kappa shape index (κ2) is 9.70. The molecular weight excluding hydrogens is 440 g/mol. The Hall–Kier alpha value is -4.00. The molecule has 0 N–H and O–H groups in total. The summed E-state index contributed by atoms with van der Waals surface area (Å²) in [4.78, 5) is 31.6. The first-order valence-electron chi connectivity index (χ1n) is 12.0. The number of esters is 1. The summed E-state index contributed by atoms with van der Waals surface area (Å²) in [6.45, 7) is 3.83. The summed E-state index contributed by atoms with van der Waals surface area (Å²) in [5.41, 5.74) is 2.67. The summed E-state index contributed by atoms with van der Waals surface area (Å²) in [5.74, 6) is -0.231. The molecule has 0 unspecified atom stereocenters. The van der Waals surface area contributed by atoms with Gasteiger partial charge in [-0.1, -0.05) is 44.0 Å². The van der Waals surface area contributed by atoms with Crippen LogP contribution in [0.25, 0.3) is 21.7 Å². The van der Waals surface area contributed by atoms with E-state index >= 15 is 0 Å². The molecule has 1 saturated carbocycles. The van der Waals surface area contributed by atoms with Crippen LogP contribution < -0.4 is 9.64 Å². The molecule has 178 valence electrons. The van der Waals surface area contributed by atoms with Crippen molar-refractivity contribution < 1.29 is 14.3 Å². The molecule has 1 aliphatic carbocycles. The molecule has 4 aromatic rings. The number of aromatic nitrogens is 3. The number of hydrogen-bond donors (Lipinski definition) is 0. The van der Waals surface area contributed by atoms with E-state index in [0.717, 1.165) is 59.0 Å². The lowest BCUT2D eigenvalue weighted by atomic mass is 9.88. The summed E-state index contributed by atoms with van der Waals surface area (Å²) >= 11 is 0. The molecule has 7 nitrogen and oxygen atoms in total. The number of amides is 1. The van der Waals surface area contributed by atoms with Crippen LogP contribution >= 0.6 is 0 Å². The van der Waals surface area contributed by atoms with E-state index in [9.17, 15) is 9.59 Å². The monoisotopic (exact) mass is 468 g/mol. The smallest absolute Gasteiger partial charge is 0.335 e. The third kappa shape index (κ3) is 4.67. The van der Waals surface area contributed by atoms with Crippen LogP contribution in [0.4, 0.5) is 5.69 Å². The number of carbonyl (C=O) groups excluding carboxylic acids is 2. The van der Waals surface area contributed by atoms with Crippen molar-refractivity contribution in [1.82, 2.24) is 14.8 Å². The predicted octanol–water partition coefficient (Wildman–Crippen LogP) is 5.33. The van der Waals surface area contributed by atoms with Gasteiger partial charge >= 0.3 is 5.97 Å². The van der Waals surface area contributed by atoms with Crippen molar-refractivity contribution in [1.29, 1.82) is 0 Å². The van der Waals surface area contributed by atoms with Crippen molar-refractivity contribution in [2.75, 3.05) is 4.90 Å². The van der Waals surface area contributed by atoms with Crippen molar-refractivity contribution >= 4 is 39.2 Å². The zero-order chi connectivity index (χ0) is 24.4. The zero-order valence-electron chi connectivity index (χ0n) is 19.8. The van der Waals surface area contributed by atoms with Crippen molar-refractivity contribution in [2.24, 2.45) is 13.0 Å². The highest BCUT2D eigenvalue weighted by molar-refractivity contribution is 6.00. The van der Waals surface area contributed by atoms with E-state index in [2.05, 4.69) is 40.9 Å². The Balaban J connectivity index is 1.56. The molecule has 0 radical (unpaired) electrons. The van der Waals surface area contributed by atoms with Gasteiger partial charge in [0.1, 0.15) is 0 Å². The summed E-state index contributed by atoms with van der Waals surface area (Å²) in [6.07, 6.45) is 11.1. The average molecular weight is 469 g/mol. The minimum Gasteiger partial charge on any atom is -0.422 e. The van der Waals surface area contributed by atoms with Crippen LogP contribution in [0.1, 0.15) is 37.7 Å². The van der Waals surface area contributed by atoms with Crippen molar-refractivity contribution in [3.05, 3.63) is 73.2 Å². The number of rotatable bonds is 6. The molecule has 0 atom stereocenters. The number of ether oxygens (including phenoxy) is 1. The molecule has 2 aromatic carbocycles. The minimum atomic E-state index is -0.566. The summed E-state index contributed by atoms with van der Waals surface area (Å²) in [5, 5.41) is 7.63. The average Bonchev–Trinajstić information content (AvgIpc) is 3.25. The lowest BCUT2D eigenvalue weighted by Crippen LogP contribution is -2.36. The van der Waals surface area contributed by atoms with Crippen molar-refractivity contribution in [3.8, 4) is 5.75 Å². The number of fused-ring (bicyclic) bond motifs is 2. The van der Waals surface area contributed by atoms with Gasteiger partial charge in [0.05, 0.1) is 36.3 Å². The van der Waals surface area contributed by atoms with Crippen LogP contribution in [-0.2, 0) is 23.2 Å². The molecule has 0 saturated heterocycles. The maximum atomic E-state index is 13.8. The lowest BCUT2D eigenvalue weighted by Gasteiger charge is -2.30. The number of benzene rings is 2. The fraction of sp³-hybridized carbons (Fsp3) is 0.286. The molecule has 0 aliphatic heterocycles. The predicted molar refractivity (Wildman–Crippen MR) is 136 cm³/mol. The Morgan fingerprint density at radius 3 is 2.74 bits per heavy atom. The molecule has 35 heavy (non-hydrogen) atoms. The van der Waals surface area contributed by atoms with Gasteiger partial charge in [0, 0.05) is 30.5 Å². The van der Waals surface area contributed by atoms with Crippen LogP contribution in [0.3, 0.4) is 0 Å². The molecule has 7 heteroatoms. The highest BCUT2D eigenvalue weighted by Crippen LogP contribution is 2.32. The number of aryl methyl sites for hydroxylation is 1. The van der Waals surface area contributed by atoms with E-state index in [4.69, 9.17) is 4.74 Å². The van der Waals surface area contributed by atoms with Gasteiger partial charge in [-0.25, -0.2) is 4.79 Å². The fourth-order valence-electron chi connectivity index (χ4n) is 4.93. The van der Waals surface area contributed by atoms with E-state index in [0.29, 0.717) is 12.2 Å². The molecule has 1 fully saturated rings. The molecule has 2 heterocycles. The molecule has 2 aromatic heterocycles. The van der Waals surface area contributed by atoms with Gasteiger partial charge in [-0.15, -0.1) is 0 Å². The highest BCUT2D eigenvalue weighted by Gasteiger charge is 2.28. The maximum Gasteiger partial charge on any atom is 0.335 e. The molecule has 1 aliphatic rings. The van der Waals surface area contributed by atoms with E-state index < -0.39 is 5.97 Å². The van der Waals surface area contributed by atoms with Crippen LogP contribution in [0.15, 0.2) is 67.6 Å². The number of carbonyl (C=O) groups is 2. The molecule has 0 bridgehead atoms. The SMILES string of the molecule is C=CC(=O)Oc1cncc(N(Cc2cccc3cc4cnn(C)c4cc23)C(=O)C2CCCCC2)c1. The van der Waals surface area contributed by atoms with Gasteiger partial charge in [0.15, 0.2) is 5.75 Å². The summed E-state index contributed by atoms with van der Waals surface area (Å²) < 4.78 is 7.14. The Morgan fingerprint density at radius 2 is 1.94 bits per heavy atom. The van der Waals surface area contributed by atoms with Crippen molar-refractivity contribution in [2.45, 2.75) is 38.6 Å². The van der Waals surface area contributed by atoms with Gasteiger partial charge in [-0.2, -0.15) is 5.10 Å². The molecular formula is C28H28N4O3. The van der Waals surface area contributed by atoms with Crippen molar-refractivity contribution in [3.63, 3.8) is 0 Å². The third-order valence-corrected chi connectivity index (χ3v) is 6.78. The quantitative estimate of drug-likeness (QED) is 0.282. The Morgan fingerprint density at radius 1 is 1.11 bits per heavy atom. The first-order chi connectivity index (χ1) is 17.0. The molecule has 1 amide bonds. The summed E-state index contributed by atoms with van der Waals surface area (Å²) in [7, 11) is 1.93. The van der Waals surface area contributed by atoms with Crippen LogP contribution in [0.5, 0.6) is 5.75 Å². The number of pyridine rings is 1. The minimum absolute atomic E-state index is 0.0260. The zero-order valence-corrected chi connectivity index (χ0v) is 19.8. The van der Waals surface area contributed by atoms with Gasteiger partial charge < -0.3 is 9.64 Å². The Bertz CT molecular complexity index is 1420. The number of hydrogen-bond acceptors (Lipinski definition) is 5. The topological polar surface area (TPSA) is 77.3 Å². The number of anilines is 1. The Labute approximate surface area is 204 Å². The largest absolute Gasteiger partial charge is 0.422 e. The van der Waals surface area contributed by atoms with E-state index in [-0.39, 0.29) is 17.6 Å². The fourth-order valence-corrected chi connectivity index (χ4v) is 4.93. The third-order valence-electron chi connectivity index (χ3n) is 6.78. The van der Waals surface area contributed by atoms with Gasteiger partial charge in [0.25, 0.3) is 0 Å². The standard InChI is InChI=1S/C28H28N4O3/c1-3-27(33)35-24-13-23(16-29-17-24)32(28(34)19-8-5-4-6-9-19)18-21-11-7-10-20-12-22-15-30-31(2)26(22)14-25(20)21/h3,7,10-17,19H,1,4-6,8-9,18H2,2H3. The summed E-state index contributed by atoms with van der Waals surface area (Å²) in [6, 6.07) is 12.1. The second-order valence-corrected chi connectivity index (χ2v) is 9.08. The lowest BCUT2D eigenvalue weighted by molar-refractivity contribution is -0.129. The Kier molecular flexibility index (Phi) is 6.31. The van der Waals surface area contributed by atoms with Crippen LogP contribution in [-0.4, -0.2) is 26.6 Å². The maximum absolute atomic E-state index is 13.8. The van der Waals surface area contributed by atoms with E-state index in [1.807, 2.05) is 24.0 Å². The second-order valence-electron chi connectivity index (χ2n) is 9.08. The van der Waals surface area contributed by atoms with E-state index in [1.54, 1.807) is 17.2 Å². The van der Waals surface area contributed by atoms with Gasteiger partial charge in [0.2, 0.25) is 5.91 Å². The van der Waals surface area contributed by atoms with E-state index in [1.165, 1.54) is 12.6 Å². The highest BCUT2D eigenvalue weighted by atomic mass is 16.5.